The van der Waals surface area contributed by atoms with Gasteiger partial charge in [0.15, 0.2) is 0 Å². The Hall–Kier alpha value is -1.91. The van der Waals surface area contributed by atoms with Crippen molar-refractivity contribution >= 4 is 27.4 Å². The molecule has 1 atom stereocenters. The first-order valence-electron chi connectivity index (χ1n) is 6.24. The molecule has 0 aliphatic carbocycles. The van der Waals surface area contributed by atoms with Crippen LogP contribution in [-0.2, 0) is 0 Å². The van der Waals surface area contributed by atoms with E-state index in [1.54, 1.807) is 0 Å². The number of nitrogens with two attached hydrogens (primary N) is 1. The number of benzene rings is 2. The van der Waals surface area contributed by atoms with E-state index in [0.29, 0.717) is 6.54 Å². The SMILES string of the molecule is NCC(Nc1snc2ccccc12)c1ccccc1. The lowest BCUT2D eigenvalue weighted by Crippen LogP contribution is -2.20. The zero-order chi connectivity index (χ0) is 13.1. The molecular formula is C15H15N3S. The summed E-state index contributed by atoms with van der Waals surface area (Å²) in [6.45, 7) is 0.552. The summed E-state index contributed by atoms with van der Waals surface area (Å²) in [5.41, 5.74) is 8.11. The molecule has 19 heavy (non-hydrogen) atoms. The molecule has 3 rings (SSSR count). The normalized spacial score (nSPS) is 12.5. The first kappa shape index (κ1) is 12.1. The molecule has 3 aromatic rings. The van der Waals surface area contributed by atoms with Gasteiger partial charge in [0, 0.05) is 11.9 Å². The number of anilines is 1. The molecule has 0 aliphatic rings. The van der Waals surface area contributed by atoms with Gasteiger partial charge >= 0.3 is 0 Å². The Labute approximate surface area is 116 Å². The third-order valence-corrected chi connectivity index (χ3v) is 3.94. The fraction of sp³-hybridized carbons (Fsp3) is 0.133. The van der Waals surface area contributed by atoms with Gasteiger partial charge in [0.1, 0.15) is 5.00 Å². The van der Waals surface area contributed by atoms with Crippen molar-refractivity contribution < 1.29 is 0 Å². The Bertz CT molecular complexity index is 663. The number of fused-ring (bicyclic) bond motifs is 1. The van der Waals surface area contributed by atoms with Gasteiger partial charge < -0.3 is 11.1 Å². The summed E-state index contributed by atoms with van der Waals surface area (Å²) < 4.78 is 4.44. The largest absolute Gasteiger partial charge is 0.367 e. The van der Waals surface area contributed by atoms with Crippen molar-refractivity contribution in [2.45, 2.75) is 6.04 Å². The third kappa shape index (κ3) is 2.45. The lowest BCUT2D eigenvalue weighted by molar-refractivity contribution is 0.794. The monoisotopic (exact) mass is 269 g/mol. The molecular weight excluding hydrogens is 254 g/mol. The van der Waals surface area contributed by atoms with Crippen LogP contribution < -0.4 is 11.1 Å². The summed E-state index contributed by atoms with van der Waals surface area (Å²) in [4.78, 5) is 0. The molecule has 0 amide bonds. The minimum absolute atomic E-state index is 0.116. The van der Waals surface area contributed by atoms with Gasteiger partial charge in [0.05, 0.1) is 11.6 Å². The standard InChI is InChI=1S/C15H15N3S/c16-10-14(11-6-2-1-3-7-11)17-15-12-8-4-5-9-13(12)18-19-15/h1-9,14,17H,10,16H2. The van der Waals surface area contributed by atoms with Crippen LogP contribution in [0.2, 0.25) is 0 Å². The van der Waals surface area contributed by atoms with E-state index in [4.69, 9.17) is 5.73 Å². The van der Waals surface area contributed by atoms with Gasteiger partial charge in [-0.3, -0.25) is 0 Å². The summed E-state index contributed by atoms with van der Waals surface area (Å²) in [5, 5.41) is 5.73. The molecule has 1 unspecified atom stereocenters. The predicted molar refractivity (Wildman–Crippen MR) is 81.5 cm³/mol. The van der Waals surface area contributed by atoms with Crippen LogP contribution in [0.4, 0.5) is 5.00 Å². The van der Waals surface area contributed by atoms with E-state index in [-0.39, 0.29) is 6.04 Å². The number of aromatic nitrogens is 1. The van der Waals surface area contributed by atoms with Gasteiger partial charge in [-0.25, -0.2) is 0 Å². The van der Waals surface area contributed by atoms with Gasteiger partial charge in [-0.1, -0.05) is 42.5 Å². The van der Waals surface area contributed by atoms with Crippen molar-refractivity contribution in [3.05, 3.63) is 60.2 Å². The summed E-state index contributed by atoms with van der Waals surface area (Å²) in [6, 6.07) is 18.5. The van der Waals surface area contributed by atoms with Gasteiger partial charge in [0.2, 0.25) is 0 Å². The van der Waals surface area contributed by atoms with E-state index in [2.05, 4.69) is 27.9 Å². The highest BCUT2D eigenvalue weighted by atomic mass is 32.1. The van der Waals surface area contributed by atoms with Crippen LogP contribution in [-0.4, -0.2) is 10.9 Å². The number of nitrogens with one attached hydrogen (secondary N) is 1. The molecule has 3 nitrogen and oxygen atoms in total. The molecule has 96 valence electrons. The van der Waals surface area contributed by atoms with Gasteiger partial charge in [-0.2, -0.15) is 4.37 Å². The Kier molecular flexibility index (Phi) is 3.44. The van der Waals surface area contributed by atoms with E-state index in [1.807, 2.05) is 36.4 Å². The Morgan fingerprint density at radius 1 is 1.05 bits per heavy atom. The second kappa shape index (κ2) is 5.38. The Morgan fingerprint density at radius 3 is 2.58 bits per heavy atom. The number of hydrogen-bond acceptors (Lipinski definition) is 4. The maximum Gasteiger partial charge on any atom is 0.117 e. The smallest absolute Gasteiger partial charge is 0.117 e. The van der Waals surface area contributed by atoms with Crippen molar-refractivity contribution in [2.75, 3.05) is 11.9 Å². The van der Waals surface area contributed by atoms with E-state index >= 15 is 0 Å². The van der Waals surface area contributed by atoms with Crippen LogP contribution in [0, 0.1) is 0 Å². The van der Waals surface area contributed by atoms with Crippen molar-refractivity contribution in [1.29, 1.82) is 0 Å². The lowest BCUT2D eigenvalue weighted by atomic mass is 10.1. The first-order chi connectivity index (χ1) is 9.38. The molecule has 1 aromatic heterocycles. The molecule has 1 heterocycles. The maximum atomic E-state index is 5.89. The highest BCUT2D eigenvalue weighted by Crippen LogP contribution is 2.30. The zero-order valence-corrected chi connectivity index (χ0v) is 11.2. The highest BCUT2D eigenvalue weighted by Gasteiger charge is 2.12. The summed E-state index contributed by atoms with van der Waals surface area (Å²) in [7, 11) is 0. The fourth-order valence-electron chi connectivity index (χ4n) is 2.12. The Balaban J connectivity index is 1.91. The van der Waals surface area contributed by atoms with Gasteiger partial charge in [-0.15, -0.1) is 0 Å². The molecule has 0 bridgehead atoms. The Morgan fingerprint density at radius 2 is 1.79 bits per heavy atom. The average molecular weight is 269 g/mol. The molecule has 0 radical (unpaired) electrons. The van der Waals surface area contributed by atoms with Gasteiger partial charge in [-0.05, 0) is 29.2 Å². The van der Waals surface area contributed by atoms with E-state index < -0.39 is 0 Å². The van der Waals surface area contributed by atoms with Gasteiger partial charge in [0.25, 0.3) is 0 Å². The van der Waals surface area contributed by atoms with Crippen LogP contribution >= 0.6 is 11.5 Å². The molecule has 3 N–H and O–H groups in total. The van der Waals surface area contributed by atoms with Crippen LogP contribution in [0.15, 0.2) is 54.6 Å². The molecule has 4 heteroatoms. The molecule has 0 aliphatic heterocycles. The van der Waals surface area contributed by atoms with Crippen molar-refractivity contribution in [3.8, 4) is 0 Å². The number of nitrogens with zero attached hydrogens (tertiary/aromatic N) is 1. The van der Waals surface area contributed by atoms with Crippen molar-refractivity contribution in [3.63, 3.8) is 0 Å². The molecule has 0 spiro atoms. The second-order valence-electron chi connectivity index (χ2n) is 4.37. The minimum atomic E-state index is 0.116. The first-order valence-corrected chi connectivity index (χ1v) is 7.02. The van der Waals surface area contributed by atoms with E-state index in [0.717, 1.165) is 15.9 Å². The predicted octanol–water partition coefficient (Wildman–Crippen LogP) is 3.41. The maximum absolute atomic E-state index is 5.89. The van der Waals surface area contributed by atoms with Crippen LogP contribution in [0.5, 0.6) is 0 Å². The average Bonchev–Trinajstić information content (AvgIpc) is 2.89. The van der Waals surface area contributed by atoms with Crippen LogP contribution in [0.3, 0.4) is 0 Å². The van der Waals surface area contributed by atoms with E-state index in [1.165, 1.54) is 17.1 Å². The lowest BCUT2D eigenvalue weighted by Gasteiger charge is -2.17. The topological polar surface area (TPSA) is 50.9 Å². The number of hydrogen-bond donors (Lipinski definition) is 2. The van der Waals surface area contributed by atoms with Crippen LogP contribution in [0.1, 0.15) is 11.6 Å². The van der Waals surface area contributed by atoms with Crippen molar-refractivity contribution in [1.82, 2.24) is 4.37 Å². The third-order valence-electron chi connectivity index (χ3n) is 3.13. The van der Waals surface area contributed by atoms with Crippen molar-refractivity contribution in [2.24, 2.45) is 5.73 Å². The number of rotatable bonds is 4. The zero-order valence-electron chi connectivity index (χ0n) is 10.4. The van der Waals surface area contributed by atoms with Crippen LogP contribution in [0.25, 0.3) is 10.9 Å². The minimum Gasteiger partial charge on any atom is -0.367 e. The highest BCUT2D eigenvalue weighted by molar-refractivity contribution is 7.11. The molecule has 2 aromatic carbocycles. The summed E-state index contributed by atoms with van der Waals surface area (Å²) in [5.74, 6) is 0. The summed E-state index contributed by atoms with van der Waals surface area (Å²) in [6.07, 6.45) is 0. The summed E-state index contributed by atoms with van der Waals surface area (Å²) >= 11 is 1.48. The quantitative estimate of drug-likeness (QED) is 0.763. The fourth-order valence-corrected chi connectivity index (χ4v) is 2.93. The van der Waals surface area contributed by atoms with E-state index in [9.17, 15) is 0 Å². The molecule has 0 fully saturated rings. The molecule has 0 saturated carbocycles. The molecule has 0 saturated heterocycles. The second-order valence-corrected chi connectivity index (χ2v) is 5.15.